The average Bonchev–Trinajstić information content (AvgIpc) is 2.31. The maximum absolute atomic E-state index is 8.06. The first-order valence-electron chi connectivity index (χ1n) is 10.2. The molecule has 1 fully saturated rings. The number of hydrogen-bond acceptors (Lipinski definition) is 1. The summed E-state index contributed by atoms with van der Waals surface area (Å²) in [4.78, 5) is 0. The van der Waals surface area contributed by atoms with Gasteiger partial charge in [0.05, 0.1) is 0 Å². The van der Waals surface area contributed by atoms with Crippen LogP contribution in [0.1, 0.15) is 55.2 Å². The zero-order chi connectivity index (χ0) is 20.7. The van der Waals surface area contributed by atoms with E-state index in [9.17, 15) is 0 Å². The Labute approximate surface area is 80.3 Å². The van der Waals surface area contributed by atoms with Crippen LogP contribution in [0, 0.1) is 5.89 Å². The van der Waals surface area contributed by atoms with Crippen LogP contribution in [0.5, 0.6) is 0 Å². The maximum Gasteiger partial charge on any atom is 0.0462 e. The lowest BCUT2D eigenvalue weighted by molar-refractivity contribution is 0.279. The summed E-state index contributed by atoms with van der Waals surface area (Å²) in [5, 5.41) is 1.38. The summed E-state index contributed by atoms with van der Waals surface area (Å²) in [5.74, 6) is -4.05. The Kier molecular flexibility index (Phi) is 0.273. The normalized spacial score (nSPS) is 111. The van der Waals surface area contributed by atoms with Crippen LogP contribution in [0.2, 0.25) is 0 Å². The molecule has 0 radical (unpaired) electrons. The topological polar surface area (TPSA) is 12.0 Å². The van der Waals surface area contributed by atoms with Crippen molar-refractivity contribution in [3.8, 4) is 0 Å². The number of rotatable bonds is 0. The van der Waals surface area contributed by atoms with Crippen LogP contribution in [-0.2, 0) is 0 Å². The van der Waals surface area contributed by atoms with Crippen LogP contribution < -0.4 is 5.32 Å². The number of hydrogen-bond donors (Lipinski definition) is 1. The van der Waals surface area contributed by atoms with Crippen LogP contribution in [0.25, 0.3) is 0 Å². The average molecular weight is 143 g/mol. The van der Waals surface area contributed by atoms with Gasteiger partial charge in [0.15, 0.2) is 0 Å². The molecule has 0 aliphatic carbocycles. The van der Waals surface area contributed by atoms with Crippen LogP contribution >= 0.6 is 0 Å². The highest BCUT2D eigenvalue weighted by Crippen LogP contribution is 2.18. The highest BCUT2D eigenvalue weighted by molar-refractivity contribution is 4.77. The van der Waals surface area contributed by atoms with Crippen LogP contribution in [0.4, 0.5) is 0 Å². The van der Waals surface area contributed by atoms with Gasteiger partial charge in [-0.1, -0.05) is 6.85 Å². The summed E-state index contributed by atoms with van der Waals surface area (Å²) in [6.45, 7) is -11.3. The van der Waals surface area contributed by atoms with Crippen LogP contribution in [0.15, 0.2) is 0 Å². The van der Waals surface area contributed by atoms with Crippen molar-refractivity contribution in [2.45, 2.75) is 45.3 Å². The smallest absolute Gasteiger partial charge is 0.0462 e. The summed E-state index contributed by atoms with van der Waals surface area (Å²) in [6.07, 6.45) is -7.87. The molecular formula is C8H17N. The number of nitrogens with one attached hydrogen (secondary N) is 1. The van der Waals surface area contributed by atoms with Crippen molar-refractivity contribution < 1.29 is 21.9 Å². The Morgan fingerprint density at radius 1 is 1.44 bits per heavy atom. The van der Waals surface area contributed by atoms with Crippen molar-refractivity contribution in [2.75, 3.05) is 0 Å². The fourth-order valence-corrected chi connectivity index (χ4v) is 0.469. The maximum atomic E-state index is 8.06. The fourth-order valence-electron chi connectivity index (χ4n) is 0.469. The monoisotopic (exact) mass is 143 g/mol. The van der Waals surface area contributed by atoms with E-state index in [0.717, 1.165) is 0 Å². The van der Waals surface area contributed by atoms with E-state index >= 15 is 0 Å². The van der Waals surface area contributed by atoms with E-state index in [1.54, 1.807) is 0 Å². The molecule has 9 heavy (non-hydrogen) atoms. The van der Waals surface area contributed by atoms with E-state index in [-0.39, 0.29) is 0 Å². The third-order valence-corrected chi connectivity index (χ3v) is 0.750. The minimum absolute atomic E-state index is 1.38. The Balaban J connectivity index is 4.06. The standard InChI is InChI=1S/C8H17N/c1-6-4-7(2)9-8(3)5-6/h6-9H,4-5H2,1-3H3/i1D3,2D3,3D3,4D2,5D2,6D,7D,8D. The van der Waals surface area contributed by atoms with E-state index < -0.39 is 51.2 Å². The van der Waals surface area contributed by atoms with E-state index in [4.69, 9.17) is 21.9 Å². The number of piperidine rings is 1. The van der Waals surface area contributed by atoms with Gasteiger partial charge in [-0.3, -0.25) is 0 Å². The zero-order valence-corrected chi connectivity index (χ0v) is 4.50. The summed E-state index contributed by atoms with van der Waals surface area (Å²) < 4.78 is 122. The zero-order valence-electron chi connectivity index (χ0n) is 20.5. The Morgan fingerprint density at radius 2 is 2.11 bits per heavy atom. The molecule has 2 atom stereocenters. The first kappa shape index (κ1) is 0.911. The fraction of sp³-hybridized carbons (Fsp3) is 1.00. The molecule has 54 valence electrons. The molecule has 1 heterocycles. The molecular weight excluding hydrogens is 110 g/mol. The van der Waals surface area contributed by atoms with Gasteiger partial charge >= 0.3 is 0 Å². The molecule has 0 aromatic heterocycles. The molecule has 1 N–H and O–H groups in total. The third kappa shape index (κ3) is 1.98. The minimum atomic E-state index is -4.05. The van der Waals surface area contributed by atoms with Gasteiger partial charge in [-0.05, 0) is 32.3 Å². The predicted molar refractivity (Wildman–Crippen MR) is 40.5 cm³/mol. The van der Waals surface area contributed by atoms with Crippen molar-refractivity contribution in [1.82, 2.24) is 5.32 Å². The largest absolute Gasteiger partial charge is 0.312 e. The first-order valence-corrected chi connectivity index (χ1v) is 2.25. The molecule has 1 saturated heterocycles. The Bertz CT molecular complexity index is 502. The molecule has 0 spiro atoms. The molecule has 1 heteroatoms. The van der Waals surface area contributed by atoms with Gasteiger partial charge in [0.25, 0.3) is 0 Å². The molecule has 1 aliphatic heterocycles. The molecule has 0 aromatic carbocycles. The van der Waals surface area contributed by atoms with Gasteiger partial charge in [-0.15, -0.1) is 0 Å². The van der Waals surface area contributed by atoms with E-state index in [2.05, 4.69) is 0 Å². The first-order chi connectivity index (χ1) is 10.5. The van der Waals surface area contributed by atoms with Crippen molar-refractivity contribution in [3.05, 3.63) is 0 Å². The van der Waals surface area contributed by atoms with Crippen LogP contribution in [-0.4, -0.2) is 12.0 Å². The molecule has 1 aliphatic rings. The molecule has 2 unspecified atom stereocenters. The van der Waals surface area contributed by atoms with Crippen molar-refractivity contribution in [3.63, 3.8) is 0 Å². The molecule has 0 aromatic rings. The second-order valence-corrected chi connectivity index (χ2v) is 1.50. The third-order valence-electron chi connectivity index (χ3n) is 0.750. The predicted octanol–water partition coefficient (Wildman–Crippen LogP) is 1.78. The summed E-state index contributed by atoms with van der Waals surface area (Å²) >= 11 is 0. The lowest BCUT2D eigenvalue weighted by Gasteiger charge is -2.30. The van der Waals surface area contributed by atoms with Crippen molar-refractivity contribution in [1.29, 1.82) is 0 Å². The van der Waals surface area contributed by atoms with Crippen molar-refractivity contribution >= 4 is 0 Å². The summed E-state index contributed by atoms with van der Waals surface area (Å²) in [5.41, 5.74) is 0. The SMILES string of the molecule is [2H]C([2H])([2H])C1([2H])NC([2H])(C([2H])([2H])[2H])C([2H])([2H])C([2H])(C([2H])([2H])[2H])C1([2H])[2H]. The van der Waals surface area contributed by atoms with E-state index in [1.165, 1.54) is 5.32 Å². The van der Waals surface area contributed by atoms with Gasteiger partial charge in [-0.2, -0.15) is 0 Å². The van der Waals surface area contributed by atoms with Gasteiger partial charge < -0.3 is 5.32 Å². The molecule has 0 bridgehead atoms. The van der Waals surface area contributed by atoms with Gasteiger partial charge in [0.2, 0.25) is 0 Å². The molecule has 0 amide bonds. The quantitative estimate of drug-likeness (QED) is 0.545. The molecule has 1 rings (SSSR count). The minimum Gasteiger partial charge on any atom is -0.312 e. The second-order valence-electron chi connectivity index (χ2n) is 1.50. The van der Waals surface area contributed by atoms with Gasteiger partial charge in [-0.25, -0.2) is 0 Å². The van der Waals surface area contributed by atoms with E-state index in [0.29, 0.717) is 0 Å². The highest BCUT2D eigenvalue weighted by Gasteiger charge is 2.18. The van der Waals surface area contributed by atoms with Crippen molar-refractivity contribution in [2.24, 2.45) is 5.89 Å². The highest BCUT2D eigenvalue weighted by atomic mass is 14.9. The van der Waals surface area contributed by atoms with Gasteiger partial charge in [0, 0.05) is 34.0 Å². The van der Waals surface area contributed by atoms with E-state index in [1.807, 2.05) is 0 Å². The Hall–Kier alpha value is -0.0400. The Morgan fingerprint density at radius 3 is 2.56 bits per heavy atom. The lowest BCUT2D eigenvalue weighted by Crippen LogP contribution is -2.41. The van der Waals surface area contributed by atoms with Crippen LogP contribution in [0.3, 0.4) is 0 Å². The molecule has 0 saturated carbocycles. The molecule has 1 nitrogen and oxygen atoms in total. The lowest BCUT2D eigenvalue weighted by atomic mass is 9.91. The van der Waals surface area contributed by atoms with Gasteiger partial charge in [0.1, 0.15) is 0 Å². The second kappa shape index (κ2) is 2.70. The summed E-state index contributed by atoms with van der Waals surface area (Å²) in [6, 6.07) is -7.50. The summed E-state index contributed by atoms with van der Waals surface area (Å²) in [7, 11) is 0.